The van der Waals surface area contributed by atoms with E-state index in [0.717, 1.165) is 72.5 Å². The molecule has 1 saturated heterocycles. The molecule has 2 heterocycles. The number of pyridine rings is 1. The zero-order valence-corrected chi connectivity index (χ0v) is 22.7. The van der Waals surface area contributed by atoms with E-state index in [9.17, 15) is 9.59 Å². The number of benzene rings is 2. The maximum absolute atomic E-state index is 13.6. The van der Waals surface area contributed by atoms with Crippen molar-refractivity contribution in [1.29, 1.82) is 0 Å². The standard InChI is InChI=1S/C31H39N3O3/c1-6-7-24-16-21(3)33-31(36)28(24)19-32-30(35)27-17-25(23-10-8-20(2)9-11-23)18-29(22(27)4)34(5)26-12-14-37-15-13-26/h8-11,16-18,26H,6-7,12-15,19H2,1-5H3,(H,32,35)(H,33,36). The van der Waals surface area contributed by atoms with Crippen molar-refractivity contribution in [3.05, 3.63) is 86.3 Å². The highest BCUT2D eigenvalue weighted by atomic mass is 16.5. The largest absolute Gasteiger partial charge is 0.381 e. The maximum atomic E-state index is 13.6. The summed E-state index contributed by atoms with van der Waals surface area (Å²) in [6, 6.07) is 14.9. The van der Waals surface area contributed by atoms with Crippen molar-refractivity contribution in [3.8, 4) is 11.1 Å². The Morgan fingerprint density at radius 3 is 2.43 bits per heavy atom. The molecule has 0 radical (unpaired) electrons. The molecule has 1 fully saturated rings. The van der Waals surface area contributed by atoms with Crippen LogP contribution in [0, 0.1) is 20.8 Å². The fraction of sp³-hybridized carbons (Fsp3) is 0.419. The molecular formula is C31H39N3O3. The molecule has 0 unspecified atom stereocenters. The van der Waals surface area contributed by atoms with Crippen molar-refractivity contribution >= 4 is 11.6 Å². The second kappa shape index (κ2) is 11.8. The van der Waals surface area contributed by atoms with Gasteiger partial charge in [-0.2, -0.15) is 0 Å². The minimum atomic E-state index is -0.171. The molecule has 6 nitrogen and oxygen atoms in total. The van der Waals surface area contributed by atoms with Crippen molar-refractivity contribution in [2.24, 2.45) is 0 Å². The zero-order chi connectivity index (χ0) is 26.5. The van der Waals surface area contributed by atoms with E-state index in [4.69, 9.17) is 4.74 Å². The van der Waals surface area contributed by atoms with Crippen LogP contribution in [-0.4, -0.2) is 37.2 Å². The number of H-pyrrole nitrogens is 1. The highest BCUT2D eigenvalue weighted by molar-refractivity contribution is 5.99. The normalized spacial score (nSPS) is 14.0. The number of amides is 1. The average molecular weight is 502 g/mol. The molecule has 1 aromatic heterocycles. The van der Waals surface area contributed by atoms with Gasteiger partial charge >= 0.3 is 0 Å². The minimum absolute atomic E-state index is 0.131. The van der Waals surface area contributed by atoms with Gasteiger partial charge in [-0.15, -0.1) is 0 Å². The quantitative estimate of drug-likeness (QED) is 0.430. The van der Waals surface area contributed by atoms with E-state index < -0.39 is 0 Å². The number of carbonyl (C=O) groups excluding carboxylic acids is 1. The minimum Gasteiger partial charge on any atom is -0.381 e. The van der Waals surface area contributed by atoms with Crippen LogP contribution in [0.25, 0.3) is 11.1 Å². The second-order valence-corrected chi connectivity index (χ2v) is 10.2. The Morgan fingerprint density at radius 2 is 1.76 bits per heavy atom. The lowest BCUT2D eigenvalue weighted by Crippen LogP contribution is -2.37. The summed E-state index contributed by atoms with van der Waals surface area (Å²) in [5.74, 6) is -0.171. The Hall–Kier alpha value is -3.38. The van der Waals surface area contributed by atoms with Gasteiger partial charge in [0.05, 0.1) is 0 Å². The Kier molecular flexibility index (Phi) is 8.49. The first-order valence-corrected chi connectivity index (χ1v) is 13.3. The molecule has 2 aromatic carbocycles. The van der Waals surface area contributed by atoms with E-state index in [1.807, 2.05) is 26.0 Å². The molecule has 1 amide bonds. The highest BCUT2D eigenvalue weighted by Crippen LogP contribution is 2.33. The first kappa shape index (κ1) is 26.7. The summed E-state index contributed by atoms with van der Waals surface area (Å²) in [4.78, 5) is 31.5. The fourth-order valence-corrected chi connectivity index (χ4v) is 5.22. The van der Waals surface area contributed by atoms with Crippen LogP contribution in [0.2, 0.25) is 0 Å². The first-order valence-electron chi connectivity index (χ1n) is 13.3. The second-order valence-electron chi connectivity index (χ2n) is 10.2. The van der Waals surface area contributed by atoms with Gasteiger partial charge in [-0.05, 0) is 80.5 Å². The third kappa shape index (κ3) is 6.13. The van der Waals surface area contributed by atoms with Crippen molar-refractivity contribution < 1.29 is 9.53 Å². The third-order valence-corrected chi connectivity index (χ3v) is 7.44. The van der Waals surface area contributed by atoms with E-state index in [2.05, 4.69) is 66.4 Å². The van der Waals surface area contributed by atoms with Crippen molar-refractivity contribution in [1.82, 2.24) is 10.3 Å². The number of aromatic amines is 1. The number of aromatic nitrogens is 1. The van der Waals surface area contributed by atoms with Crippen LogP contribution in [-0.2, 0) is 17.7 Å². The van der Waals surface area contributed by atoms with E-state index in [1.165, 1.54) is 5.56 Å². The smallest absolute Gasteiger partial charge is 0.253 e. The number of hydrogen-bond donors (Lipinski definition) is 2. The molecule has 6 heteroatoms. The fourth-order valence-electron chi connectivity index (χ4n) is 5.22. The number of rotatable bonds is 8. The summed E-state index contributed by atoms with van der Waals surface area (Å²) >= 11 is 0. The van der Waals surface area contributed by atoms with Gasteiger partial charge in [0.25, 0.3) is 11.5 Å². The van der Waals surface area contributed by atoms with Crippen LogP contribution in [0.4, 0.5) is 5.69 Å². The lowest BCUT2D eigenvalue weighted by Gasteiger charge is -2.34. The van der Waals surface area contributed by atoms with Crippen LogP contribution in [0.3, 0.4) is 0 Å². The topological polar surface area (TPSA) is 74.4 Å². The number of ether oxygens (including phenoxy) is 1. The summed E-state index contributed by atoms with van der Waals surface area (Å²) in [5, 5.41) is 3.05. The maximum Gasteiger partial charge on any atom is 0.253 e. The molecule has 3 aromatic rings. The van der Waals surface area contributed by atoms with Gasteiger partial charge in [0.2, 0.25) is 0 Å². The Morgan fingerprint density at radius 1 is 1.05 bits per heavy atom. The van der Waals surface area contributed by atoms with Crippen molar-refractivity contribution in [2.45, 2.75) is 66.0 Å². The van der Waals surface area contributed by atoms with Crippen molar-refractivity contribution in [2.75, 3.05) is 25.2 Å². The first-order chi connectivity index (χ1) is 17.8. The van der Waals surface area contributed by atoms with E-state index in [0.29, 0.717) is 17.2 Å². The van der Waals surface area contributed by atoms with Gasteiger partial charge in [0, 0.05) is 55.4 Å². The van der Waals surface area contributed by atoms with Gasteiger partial charge < -0.3 is 19.9 Å². The van der Waals surface area contributed by atoms with Crippen molar-refractivity contribution in [3.63, 3.8) is 0 Å². The SMILES string of the molecule is CCCc1cc(C)[nH]c(=O)c1CNC(=O)c1cc(-c2ccc(C)cc2)cc(N(C)C2CCOCC2)c1C. The molecular weight excluding hydrogens is 462 g/mol. The van der Waals surface area contributed by atoms with E-state index in [-0.39, 0.29) is 18.0 Å². The summed E-state index contributed by atoms with van der Waals surface area (Å²) < 4.78 is 5.58. The predicted octanol–water partition coefficient (Wildman–Crippen LogP) is 5.46. The number of anilines is 1. The van der Waals surface area contributed by atoms with E-state index in [1.54, 1.807) is 0 Å². The van der Waals surface area contributed by atoms with Crippen LogP contribution < -0.4 is 15.8 Å². The molecule has 0 bridgehead atoms. The lowest BCUT2D eigenvalue weighted by atomic mass is 9.95. The van der Waals surface area contributed by atoms with E-state index >= 15 is 0 Å². The monoisotopic (exact) mass is 501 g/mol. The van der Waals surface area contributed by atoms with Crippen LogP contribution in [0.15, 0.2) is 47.3 Å². The third-order valence-electron chi connectivity index (χ3n) is 7.44. The molecule has 0 spiro atoms. The molecule has 0 saturated carbocycles. The summed E-state index contributed by atoms with van der Waals surface area (Å²) in [7, 11) is 2.11. The Labute approximate surface area is 220 Å². The molecule has 1 aliphatic heterocycles. The molecule has 0 aliphatic carbocycles. The molecule has 0 atom stereocenters. The lowest BCUT2D eigenvalue weighted by molar-refractivity contribution is 0.0854. The molecule has 37 heavy (non-hydrogen) atoms. The molecule has 1 aliphatic rings. The zero-order valence-electron chi connectivity index (χ0n) is 22.7. The van der Waals surface area contributed by atoms with Crippen LogP contribution in [0.1, 0.15) is 64.5 Å². The highest BCUT2D eigenvalue weighted by Gasteiger charge is 2.23. The Balaban J connectivity index is 1.70. The average Bonchev–Trinajstić information content (AvgIpc) is 2.89. The number of aryl methyl sites for hydroxylation is 3. The van der Waals surface area contributed by atoms with Crippen LogP contribution in [0.5, 0.6) is 0 Å². The van der Waals surface area contributed by atoms with Gasteiger partial charge in [-0.25, -0.2) is 0 Å². The number of nitrogens with one attached hydrogen (secondary N) is 2. The van der Waals surface area contributed by atoms with Crippen LogP contribution >= 0.6 is 0 Å². The van der Waals surface area contributed by atoms with Gasteiger partial charge in [-0.3, -0.25) is 9.59 Å². The summed E-state index contributed by atoms with van der Waals surface area (Å²) in [6.07, 6.45) is 3.66. The number of hydrogen-bond acceptors (Lipinski definition) is 4. The number of nitrogens with zero attached hydrogens (tertiary/aromatic N) is 1. The summed E-state index contributed by atoms with van der Waals surface area (Å²) in [5.41, 5.74) is 8.23. The Bertz CT molecular complexity index is 1300. The van der Waals surface area contributed by atoms with Gasteiger partial charge in [0.15, 0.2) is 0 Å². The van der Waals surface area contributed by atoms with Gasteiger partial charge in [-0.1, -0.05) is 43.2 Å². The predicted molar refractivity (Wildman–Crippen MR) is 151 cm³/mol. The van der Waals surface area contributed by atoms with Gasteiger partial charge in [0.1, 0.15) is 0 Å². The summed E-state index contributed by atoms with van der Waals surface area (Å²) in [6.45, 7) is 9.77. The number of carbonyl (C=O) groups is 1. The molecule has 196 valence electrons. The molecule has 4 rings (SSSR count). The molecule has 2 N–H and O–H groups in total.